The molecule has 11 heteroatoms. The number of hydrogen-bond acceptors (Lipinski definition) is 6. The quantitative estimate of drug-likeness (QED) is 0.273. The number of carbonyl (C=O) groups excluding carboxylic acids is 3. The van der Waals surface area contributed by atoms with Gasteiger partial charge in [0.15, 0.2) is 5.69 Å². The van der Waals surface area contributed by atoms with Crippen molar-refractivity contribution in [2.75, 3.05) is 5.73 Å². The summed E-state index contributed by atoms with van der Waals surface area (Å²) in [7, 11) is 0. The number of rotatable bonds is 9. The molecule has 0 spiro atoms. The molecule has 2 aliphatic rings. The van der Waals surface area contributed by atoms with E-state index in [1.165, 1.54) is 29.2 Å². The van der Waals surface area contributed by atoms with Gasteiger partial charge in [-0.25, -0.2) is 4.39 Å². The molecule has 5 rings (SSSR count). The van der Waals surface area contributed by atoms with E-state index in [1.54, 1.807) is 24.3 Å². The largest absolute Gasteiger partial charge is 0.395 e. The fourth-order valence-electron chi connectivity index (χ4n) is 5.80. The van der Waals surface area contributed by atoms with Gasteiger partial charge >= 0.3 is 0 Å². The lowest BCUT2D eigenvalue weighted by atomic mass is 9.95. The minimum atomic E-state index is -1.11. The zero-order valence-corrected chi connectivity index (χ0v) is 24.9. The van der Waals surface area contributed by atoms with E-state index in [2.05, 4.69) is 15.0 Å². The number of benzene rings is 2. The highest BCUT2D eigenvalue weighted by atomic mass is 35.5. The second kappa shape index (κ2) is 13.6. The second-order valence-corrected chi connectivity index (χ2v) is 12.2. The van der Waals surface area contributed by atoms with Gasteiger partial charge in [0.2, 0.25) is 5.91 Å². The first-order chi connectivity index (χ1) is 20.3. The Morgan fingerprint density at radius 1 is 0.952 bits per heavy atom. The fraction of sp³-hybridized carbons (Fsp3) is 0.419. The number of aromatic nitrogens is 1. The van der Waals surface area contributed by atoms with Gasteiger partial charge in [0, 0.05) is 23.7 Å². The minimum Gasteiger partial charge on any atom is -0.395 e. The molecule has 42 heavy (non-hydrogen) atoms. The maximum Gasteiger partial charge on any atom is 0.273 e. The van der Waals surface area contributed by atoms with Gasteiger partial charge in [0.25, 0.3) is 11.8 Å². The minimum absolute atomic E-state index is 0.000330. The molecule has 3 aromatic rings. The van der Waals surface area contributed by atoms with Crippen LogP contribution in [0.25, 0.3) is 0 Å². The fourth-order valence-corrected chi connectivity index (χ4v) is 6.75. The summed E-state index contributed by atoms with van der Waals surface area (Å²) in [6.07, 6.45) is 8.75. The second-order valence-electron chi connectivity index (χ2n) is 11.1. The zero-order valence-electron chi connectivity index (χ0n) is 23.3. The number of nitrogens with zero attached hydrogens (tertiary/aromatic N) is 2. The predicted octanol–water partition coefficient (Wildman–Crippen LogP) is 6.02. The summed E-state index contributed by atoms with van der Waals surface area (Å²) in [5.74, 6) is -1.83. The Morgan fingerprint density at radius 3 is 2.24 bits per heavy atom. The van der Waals surface area contributed by atoms with E-state index in [9.17, 15) is 18.8 Å². The number of amides is 3. The standard InChI is InChI=1S/C31H35ClFN5O3S/c32-24-13-7-4-8-20(24)18-38(27(19-14-16-21(33)17-15-19)30(40)36-23-11-5-6-12-23)31(41)28-25(34)26(37-42-28)29(39)35-22-9-2-1-3-10-22/h4,7-8,13-17,22-23,27H,1-3,5-6,9-12,18,34H2,(H,35,39)(H,36,40)/t27-/m1/s1. The Labute approximate surface area is 254 Å². The van der Waals surface area contributed by atoms with Crippen molar-refractivity contribution in [3.05, 3.63) is 81.1 Å². The van der Waals surface area contributed by atoms with Crippen LogP contribution >= 0.6 is 23.1 Å². The van der Waals surface area contributed by atoms with Crippen LogP contribution in [0, 0.1) is 5.82 Å². The monoisotopic (exact) mass is 611 g/mol. The highest BCUT2D eigenvalue weighted by molar-refractivity contribution is 7.09. The van der Waals surface area contributed by atoms with Crippen LogP contribution in [0.2, 0.25) is 5.02 Å². The molecule has 1 aromatic heterocycles. The van der Waals surface area contributed by atoms with Crippen molar-refractivity contribution in [3.8, 4) is 0 Å². The first-order valence-corrected chi connectivity index (χ1v) is 15.6. The summed E-state index contributed by atoms with van der Waals surface area (Å²) in [5, 5.41) is 6.52. The molecular formula is C31H35ClFN5O3S. The van der Waals surface area contributed by atoms with Crippen molar-refractivity contribution in [3.63, 3.8) is 0 Å². The van der Waals surface area contributed by atoms with Crippen LogP contribution < -0.4 is 16.4 Å². The Balaban J connectivity index is 1.51. The van der Waals surface area contributed by atoms with Crippen molar-refractivity contribution in [1.29, 1.82) is 0 Å². The van der Waals surface area contributed by atoms with E-state index in [-0.39, 0.29) is 40.8 Å². The zero-order chi connectivity index (χ0) is 29.6. The molecule has 2 fully saturated rings. The number of halogens is 2. The first-order valence-electron chi connectivity index (χ1n) is 14.5. The molecule has 2 saturated carbocycles. The maximum atomic E-state index is 14.3. The lowest BCUT2D eigenvalue weighted by Crippen LogP contribution is -2.46. The Morgan fingerprint density at radius 2 is 1.57 bits per heavy atom. The van der Waals surface area contributed by atoms with Gasteiger partial charge in [0.05, 0.1) is 5.69 Å². The predicted molar refractivity (Wildman–Crippen MR) is 162 cm³/mol. The van der Waals surface area contributed by atoms with Gasteiger partial charge in [-0.2, -0.15) is 4.37 Å². The molecule has 1 atom stereocenters. The average molecular weight is 612 g/mol. The lowest BCUT2D eigenvalue weighted by molar-refractivity contribution is -0.126. The SMILES string of the molecule is Nc1c(C(=O)NC2CCCCC2)nsc1C(=O)N(Cc1ccccc1Cl)[C@@H](C(=O)NC1CCCC1)c1ccc(F)cc1. The van der Waals surface area contributed by atoms with Crippen LogP contribution in [0.3, 0.4) is 0 Å². The Kier molecular flexibility index (Phi) is 9.74. The molecule has 3 amide bonds. The Hall–Kier alpha value is -3.50. The molecule has 1 heterocycles. The van der Waals surface area contributed by atoms with Gasteiger partial charge in [-0.15, -0.1) is 0 Å². The lowest BCUT2D eigenvalue weighted by Gasteiger charge is -2.32. The highest BCUT2D eigenvalue weighted by Gasteiger charge is 2.36. The smallest absolute Gasteiger partial charge is 0.273 e. The molecule has 4 N–H and O–H groups in total. The summed E-state index contributed by atoms with van der Waals surface area (Å²) in [4.78, 5) is 42.7. The summed E-state index contributed by atoms with van der Waals surface area (Å²) < 4.78 is 18.2. The van der Waals surface area contributed by atoms with E-state index < -0.39 is 23.7 Å². The molecule has 0 unspecified atom stereocenters. The topological polar surface area (TPSA) is 117 Å². The van der Waals surface area contributed by atoms with E-state index in [1.807, 2.05) is 0 Å². The van der Waals surface area contributed by atoms with Crippen LogP contribution in [-0.4, -0.2) is 39.1 Å². The van der Waals surface area contributed by atoms with Crippen molar-refractivity contribution in [1.82, 2.24) is 19.9 Å². The molecular weight excluding hydrogens is 577 g/mol. The van der Waals surface area contributed by atoms with Crippen LogP contribution in [0.15, 0.2) is 48.5 Å². The third-order valence-electron chi connectivity index (χ3n) is 8.08. The molecule has 0 bridgehead atoms. The average Bonchev–Trinajstić information content (AvgIpc) is 3.64. The molecule has 2 aliphatic carbocycles. The molecule has 222 valence electrons. The van der Waals surface area contributed by atoms with Crippen LogP contribution in [0.4, 0.5) is 10.1 Å². The summed E-state index contributed by atoms with van der Waals surface area (Å²) in [6, 6.07) is 11.5. The normalized spacial score (nSPS) is 16.6. The molecule has 8 nitrogen and oxygen atoms in total. The van der Waals surface area contributed by atoms with Crippen molar-refractivity contribution in [2.45, 2.75) is 82.5 Å². The van der Waals surface area contributed by atoms with Gasteiger partial charge in [0.1, 0.15) is 16.7 Å². The van der Waals surface area contributed by atoms with Crippen LogP contribution in [0.5, 0.6) is 0 Å². The highest BCUT2D eigenvalue weighted by Crippen LogP contribution is 2.32. The van der Waals surface area contributed by atoms with E-state index >= 15 is 0 Å². The van der Waals surface area contributed by atoms with Crippen molar-refractivity contribution < 1.29 is 18.8 Å². The number of nitrogen functional groups attached to an aromatic ring is 1. The van der Waals surface area contributed by atoms with E-state index in [4.69, 9.17) is 17.3 Å². The molecule has 2 aromatic carbocycles. The van der Waals surface area contributed by atoms with E-state index in [0.717, 1.165) is 69.3 Å². The third-order valence-corrected chi connectivity index (χ3v) is 9.30. The van der Waals surface area contributed by atoms with Gasteiger partial charge in [-0.1, -0.05) is 74.0 Å². The summed E-state index contributed by atoms with van der Waals surface area (Å²) in [5.41, 5.74) is 7.42. The van der Waals surface area contributed by atoms with Gasteiger partial charge in [-0.05, 0) is 66.5 Å². The van der Waals surface area contributed by atoms with Crippen molar-refractivity contribution in [2.24, 2.45) is 0 Å². The molecule has 0 radical (unpaired) electrons. The first kappa shape index (κ1) is 30.0. The van der Waals surface area contributed by atoms with Crippen molar-refractivity contribution >= 4 is 46.5 Å². The van der Waals surface area contributed by atoms with Crippen LogP contribution in [-0.2, 0) is 11.3 Å². The maximum absolute atomic E-state index is 14.3. The number of nitrogens with two attached hydrogens (primary N) is 1. The van der Waals surface area contributed by atoms with Crippen LogP contribution in [0.1, 0.15) is 95.1 Å². The summed E-state index contributed by atoms with van der Waals surface area (Å²) >= 11 is 7.33. The number of anilines is 1. The number of carbonyl (C=O) groups is 3. The molecule has 0 aliphatic heterocycles. The third kappa shape index (κ3) is 6.93. The number of nitrogens with one attached hydrogen (secondary N) is 2. The van der Waals surface area contributed by atoms with Gasteiger partial charge < -0.3 is 21.3 Å². The summed E-state index contributed by atoms with van der Waals surface area (Å²) in [6.45, 7) is -0.0282. The Bertz CT molecular complexity index is 1420. The number of hydrogen-bond donors (Lipinski definition) is 3. The van der Waals surface area contributed by atoms with Gasteiger partial charge in [-0.3, -0.25) is 14.4 Å². The van der Waals surface area contributed by atoms with E-state index in [0.29, 0.717) is 16.1 Å². The molecule has 0 saturated heterocycles.